The molecular formula is C25H24Cl2N2O2. The first-order chi connectivity index (χ1) is 15.0. The molecule has 2 heterocycles. The summed E-state index contributed by atoms with van der Waals surface area (Å²) >= 11 is 12.2. The lowest BCUT2D eigenvalue weighted by atomic mass is 9.99. The minimum Gasteiger partial charge on any atom is -0.457 e. The van der Waals surface area contributed by atoms with E-state index in [9.17, 15) is 4.79 Å². The van der Waals surface area contributed by atoms with E-state index in [1.54, 1.807) is 30.3 Å². The highest BCUT2D eigenvalue weighted by molar-refractivity contribution is 6.36. The number of carbonyl (C=O) groups is 1. The molecule has 1 fully saturated rings. The van der Waals surface area contributed by atoms with Crippen LogP contribution in [0.15, 0.2) is 65.1 Å². The van der Waals surface area contributed by atoms with Crippen molar-refractivity contribution in [1.82, 2.24) is 0 Å². The molecule has 0 radical (unpaired) electrons. The Morgan fingerprint density at radius 3 is 2.52 bits per heavy atom. The van der Waals surface area contributed by atoms with E-state index in [-0.39, 0.29) is 5.91 Å². The highest BCUT2D eigenvalue weighted by Gasteiger charge is 2.16. The highest BCUT2D eigenvalue weighted by Crippen LogP contribution is 2.31. The molecule has 1 amide bonds. The van der Waals surface area contributed by atoms with Crippen molar-refractivity contribution in [2.75, 3.05) is 23.3 Å². The van der Waals surface area contributed by atoms with Crippen molar-refractivity contribution in [2.24, 2.45) is 5.92 Å². The smallest absolute Gasteiger partial charge is 0.248 e. The first-order valence-electron chi connectivity index (χ1n) is 10.4. The fourth-order valence-corrected chi connectivity index (χ4v) is 4.14. The average molecular weight is 455 g/mol. The van der Waals surface area contributed by atoms with Crippen LogP contribution < -0.4 is 10.2 Å². The maximum atomic E-state index is 12.3. The monoisotopic (exact) mass is 454 g/mol. The Morgan fingerprint density at radius 1 is 1.06 bits per heavy atom. The summed E-state index contributed by atoms with van der Waals surface area (Å²) in [5.41, 5.74) is 2.71. The summed E-state index contributed by atoms with van der Waals surface area (Å²) in [5.74, 6) is 1.76. The van der Waals surface area contributed by atoms with Crippen molar-refractivity contribution >= 4 is 46.6 Å². The van der Waals surface area contributed by atoms with Crippen LogP contribution in [0.25, 0.3) is 17.4 Å². The number of halogens is 2. The van der Waals surface area contributed by atoms with Gasteiger partial charge in [-0.25, -0.2) is 0 Å². The summed E-state index contributed by atoms with van der Waals surface area (Å²) in [7, 11) is 0. The Morgan fingerprint density at radius 2 is 1.81 bits per heavy atom. The quantitative estimate of drug-likeness (QED) is 0.416. The predicted octanol–water partition coefficient (Wildman–Crippen LogP) is 7.14. The van der Waals surface area contributed by atoms with Crippen LogP contribution in [0.5, 0.6) is 0 Å². The van der Waals surface area contributed by atoms with Crippen LogP contribution in [-0.4, -0.2) is 19.0 Å². The van der Waals surface area contributed by atoms with E-state index in [4.69, 9.17) is 27.6 Å². The number of benzene rings is 2. The second-order valence-electron chi connectivity index (χ2n) is 7.87. The number of rotatable bonds is 5. The number of hydrogen-bond donors (Lipinski definition) is 1. The van der Waals surface area contributed by atoms with Gasteiger partial charge in [0.25, 0.3) is 0 Å². The van der Waals surface area contributed by atoms with Crippen molar-refractivity contribution in [2.45, 2.75) is 19.8 Å². The van der Waals surface area contributed by atoms with Crippen LogP contribution in [0, 0.1) is 5.92 Å². The van der Waals surface area contributed by atoms with Crippen LogP contribution in [0.2, 0.25) is 10.0 Å². The molecule has 3 aromatic rings. The zero-order valence-corrected chi connectivity index (χ0v) is 18.8. The summed E-state index contributed by atoms with van der Waals surface area (Å²) < 4.78 is 5.78. The van der Waals surface area contributed by atoms with Gasteiger partial charge in [0.1, 0.15) is 11.5 Å². The number of piperidine rings is 1. The molecule has 4 nitrogen and oxygen atoms in total. The number of amides is 1. The van der Waals surface area contributed by atoms with Gasteiger partial charge in [-0.3, -0.25) is 4.79 Å². The zero-order valence-electron chi connectivity index (χ0n) is 17.3. The third-order valence-electron chi connectivity index (χ3n) is 5.51. The summed E-state index contributed by atoms with van der Waals surface area (Å²) in [4.78, 5) is 14.7. The Bertz CT molecular complexity index is 1080. The Hall–Kier alpha value is -2.69. The first-order valence-corrected chi connectivity index (χ1v) is 11.1. The molecule has 1 aliphatic rings. The standard InChI is InChI=1S/C25H24Cl2N2O2/c1-17-12-14-29(15-13-17)20-5-3-19(4-6-20)28-25(30)11-8-21-7-10-24(31-21)22-9-2-18(26)16-23(22)27/h2-11,16-17H,12-15H2,1H3,(H,28,30)/b11-8+. The molecule has 1 aliphatic heterocycles. The molecule has 2 aromatic carbocycles. The van der Waals surface area contributed by atoms with Crippen LogP contribution in [0.1, 0.15) is 25.5 Å². The predicted molar refractivity (Wildman–Crippen MR) is 129 cm³/mol. The minimum absolute atomic E-state index is 0.220. The molecule has 4 rings (SSSR count). The highest BCUT2D eigenvalue weighted by atomic mass is 35.5. The Balaban J connectivity index is 1.35. The first kappa shape index (κ1) is 21.5. The maximum Gasteiger partial charge on any atom is 0.248 e. The second-order valence-corrected chi connectivity index (χ2v) is 8.71. The van der Waals surface area contributed by atoms with Crippen molar-refractivity contribution in [3.8, 4) is 11.3 Å². The fourth-order valence-electron chi connectivity index (χ4n) is 3.64. The van der Waals surface area contributed by atoms with E-state index >= 15 is 0 Å². The second kappa shape index (κ2) is 9.63. The van der Waals surface area contributed by atoms with E-state index in [2.05, 4.69) is 29.3 Å². The summed E-state index contributed by atoms with van der Waals surface area (Å²) in [6.45, 7) is 4.48. The van der Waals surface area contributed by atoms with Gasteiger partial charge in [0, 0.05) is 41.1 Å². The van der Waals surface area contributed by atoms with Crippen LogP contribution >= 0.6 is 23.2 Å². The zero-order chi connectivity index (χ0) is 21.8. The largest absolute Gasteiger partial charge is 0.457 e. The van der Waals surface area contributed by atoms with Gasteiger partial charge in [-0.05, 0) is 79.4 Å². The molecule has 0 bridgehead atoms. The molecule has 0 aliphatic carbocycles. The number of carbonyl (C=O) groups excluding carboxylic acids is 1. The number of furan rings is 1. The van der Waals surface area contributed by atoms with Crippen LogP contribution in [-0.2, 0) is 4.79 Å². The lowest BCUT2D eigenvalue weighted by Crippen LogP contribution is -2.32. The van der Waals surface area contributed by atoms with E-state index in [0.717, 1.165) is 30.3 Å². The topological polar surface area (TPSA) is 45.5 Å². The molecule has 6 heteroatoms. The van der Waals surface area contributed by atoms with Crippen molar-refractivity contribution < 1.29 is 9.21 Å². The van der Waals surface area contributed by atoms with E-state index < -0.39 is 0 Å². The lowest BCUT2D eigenvalue weighted by Gasteiger charge is -2.32. The average Bonchev–Trinajstić information content (AvgIpc) is 3.22. The van der Waals surface area contributed by atoms with E-state index in [1.807, 2.05) is 18.2 Å². The fraction of sp³-hybridized carbons (Fsp3) is 0.240. The molecule has 31 heavy (non-hydrogen) atoms. The van der Waals surface area contributed by atoms with E-state index in [0.29, 0.717) is 21.6 Å². The van der Waals surface area contributed by atoms with Crippen LogP contribution in [0.3, 0.4) is 0 Å². The lowest BCUT2D eigenvalue weighted by molar-refractivity contribution is -0.111. The van der Waals surface area contributed by atoms with Crippen molar-refractivity contribution in [3.63, 3.8) is 0 Å². The molecule has 1 aromatic heterocycles. The molecule has 0 atom stereocenters. The van der Waals surface area contributed by atoms with Gasteiger partial charge in [0.2, 0.25) is 5.91 Å². The molecule has 0 saturated carbocycles. The van der Waals surface area contributed by atoms with Gasteiger partial charge in [0.05, 0.1) is 5.02 Å². The van der Waals surface area contributed by atoms with E-state index in [1.165, 1.54) is 24.6 Å². The van der Waals surface area contributed by atoms with Crippen molar-refractivity contribution in [1.29, 1.82) is 0 Å². The van der Waals surface area contributed by atoms with Crippen molar-refractivity contribution in [3.05, 3.63) is 76.5 Å². The Labute approximate surface area is 192 Å². The number of nitrogens with zero attached hydrogens (tertiary/aromatic N) is 1. The van der Waals surface area contributed by atoms with Gasteiger partial charge >= 0.3 is 0 Å². The summed E-state index contributed by atoms with van der Waals surface area (Å²) in [6.07, 6.45) is 5.53. The third kappa shape index (κ3) is 5.52. The molecule has 0 unspecified atom stereocenters. The molecular weight excluding hydrogens is 431 g/mol. The number of anilines is 2. The molecule has 1 N–H and O–H groups in total. The normalized spacial score (nSPS) is 14.9. The number of nitrogens with one attached hydrogen (secondary N) is 1. The SMILES string of the molecule is CC1CCN(c2ccc(NC(=O)/C=C/c3ccc(-c4ccc(Cl)cc4Cl)o3)cc2)CC1. The molecule has 160 valence electrons. The van der Waals surface area contributed by atoms with Gasteiger partial charge in [-0.15, -0.1) is 0 Å². The van der Waals surface area contributed by atoms with Gasteiger partial charge in [-0.2, -0.15) is 0 Å². The van der Waals surface area contributed by atoms with Gasteiger partial charge in [-0.1, -0.05) is 30.1 Å². The minimum atomic E-state index is -0.220. The molecule has 0 spiro atoms. The summed E-state index contributed by atoms with van der Waals surface area (Å²) in [6, 6.07) is 16.8. The van der Waals surface area contributed by atoms with Crippen LogP contribution in [0.4, 0.5) is 11.4 Å². The van der Waals surface area contributed by atoms with Gasteiger partial charge < -0.3 is 14.6 Å². The van der Waals surface area contributed by atoms with Gasteiger partial charge in [0.15, 0.2) is 0 Å². The molecule has 1 saturated heterocycles. The summed E-state index contributed by atoms with van der Waals surface area (Å²) in [5, 5.41) is 3.96. The third-order valence-corrected chi connectivity index (χ3v) is 6.05. The number of hydrogen-bond acceptors (Lipinski definition) is 3. The maximum absolute atomic E-state index is 12.3. The Kier molecular flexibility index (Phi) is 6.69.